The number of para-hydroxylation sites is 2. The molecule has 0 saturated carbocycles. The predicted octanol–water partition coefficient (Wildman–Crippen LogP) is 2.31. The second kappa shape index (κ2) is 8.07. The molecule has 7 heteroatoms. The van der Waals surface area contributed by atoms with E-state index in [0.29, 0.717) is 23.6 Å². The van der Waals surface area contributed by atoms with Crippen molar-refractivity contribution in [2.24, 2.45) is 5.73 Å². The zero-order chi connectivity index (χ0) is 17.5. The van der Waals surface area contributed by atoms with Crippen LogP contribution in [0.2, 0.25) is 0 Å². The lowest BCUT2D eigenvalue weighted by Gasteiger charge is -2.13. The van der Waals surface area contributed by atoms with Crippen molar-refractivity contribution in [3.05, 3.63) is 59.7 Å². The number of ether oxygens (including phenoxy) is 1. The molecule has 0 aromatic heterocycles. The van der Waals surface area contributed by atoms with Crippen molar-refractivity contribution in [2.45, 2.75) is 6.92 Å². The monoisotopic (exact) mass is 343 g/mol. The molecule has 0 aliphatic heterocycles. The third kappa shape index (κ3) is 4.30. The first-order valence-electron chi connectivity index (χ1n) is 7.26. The first-order valence-corrected chi connectivity index (χ1v) is 7.66. The number of nitrogens with two attached hydrogens (primary N) is 1. The molecule has 0 bridgehead atoms. The first kappa shape index (κ1) is 17.4. The molecule has 0 aliphatic rings. The van der Waals surface area contributed by atoms with Crippen molar-refractivity contribution in [2.75, 3.05) is 11.9 Å². The number of hydrogen-bond donors (Lipinski definition) is 3. The molecule has 0 spiro atoms. The molecule has 0 aliphatic carbocycles. The Bertz CT molecular complexity index is 777. The molecule has 2 aromatic rings. The number of carbonyl (C=O) groups is 2. The van der Waals surface area contributed by atoms with Crippen LogP contribution in [0.4, 0.5) is 5.69 Å². The molecular formula is C17H17N3O3S. The fourth-order valence-corrected chi connectivity index (χ4v) is 2.27. The second-order valence-corrected chi connectivity index (χ2v) is 5.16. The Balaban J connectivity index is 2.11. The Morgan fingerprint density at radius 2 is 1.71 bits per heavy atom. The first-order chi connectivity index (χ1) is 11.5. The number of benzene rings is 2. The molecule has 6 nitrogen and oxygen atoms in total. The van der Waals surface area contributed by atoms with Crippen LogP contribution in [0.25, 0.3) is 0 Å². The van der Waals surface area contributed by atoms with Gasteiger partial charge in [-0.05, 0) is 43.4 Å². The molecule has 24 heavy (non-hydrogen) atoms. The number of rotatable bonds is 5. The van der Waals surface area contributed by atoms with E-state index in [4.69, 9.17) is 22.7 Å². The van der Waals surface area contributed by atoms with Crippen molar-refractivity contribution >= 4 is 34.8 Å². The van der Waals surface area contributed by atoms with Gasteiger partial charge >= 0.3 is 0 Å². The molecular weight excluding hydrogens is 326 g/mol. The van der Waals surface area contributed by atoms with Crippen molar-refractivity contribution < 1.29 is 14.3 Å². The molecule has 0 atom stereocenters. The number of carbonyl (C=O) groups excluding carboxylic acids is 2. The van der Waals surface area contributed by atoms with Gasteiger partial charge in [0.05, 0.1) is 23.4 Å². The van der Waals surface area contributed by atoms with E-state index in [1.807, 2.05) is 6.92 Å². The van der Waals surface area contributed by atoms with Gasteiger partial charge in [0.25, 0.3) is 11.8 Å². The zero-order valence-electron chi connectivity index (χ0n) is 13.0. The quantitative estimate of drug-likeness (QED) is 0.725. The van der Waals surface area contributed by atoms with Crippen LogP contribution in [0.1, 0.15) is 27.6 Å². The van der Waals surface area contributed by atoms with Crippen molar-refractivity contribution in [3.63, 3.8) is 0 Å². The third-order valence-electron chi connectivity index (χ3n) is 3.10. The van der Waals surface area contributed by atoms with E-state index in [-0.39, 0.29) is 10.7 Å². The van der Waals surface area contributed by atoms with Crippen molar-refractivity contribution in [3.8, 4) is 5.75 Å². The van der Waals surface area contributed by atoms with Gasteiger partial charge in [0, 0.05) is 0 Å². The Hall–Kier alpha value is -2.93. The fourth-order valence-electron chi connectivity index (χ4n) is 2.07. The van der Waals surface area contributed by atoms with Gasteiger partial charge < -0.3 is 15.8 Å². The van der Waals surface area contributed by atoms with E-state index in [1.165, 1.54) is 0 Å². The summed E-state index contributed by atoms with van der Waals surface area (Å²) in [5.41, 5.74) is 6.38. The molecule has 4 N–H and O–H groups in total. The van der Waals surface area contributed by atoms with Crippen LogP contribution >= 0.6 is 12.2 Å². The summed E-state index contributed by atoms with van der Waals surface area (Å²) in [6, 6.07) is 13.5. The molecule has 0 heterocycles. The Labute approximate surface area is 145 Å². The van der Waals surface area contributed by atoms with E-state index < -0.39 is 11.8 Å². The van der Waals surface area contributed by atoms with Crippen LogP contribution < -0.4 is 21.1 Å². The van der Waals surface area contributed by atoms with Crippen LogP contribution in [0.15, 0.2) is 48.5 Å². The van der Waals surface area contributed by atoms with Gasteiger partial charge in [0.15, 0.2) is 5.11 Å². The maximum Gasteiger partial charge on any atom is 0.261 e. The van der Waals surface area contributed by atoms with Gasteiger partial charge in [-0.1, -0.05) is 24.3 Å². The maximum absolute atomic E-state index is 12.3. The highest BCUT2D eigenvalue weighted by Crippen LogP contribution is 2.18. The lowest BCUT2D eigenvalue weighted by atomic mass is 10.1. The van der Waals surface area contributed by atoms with E-state index in [0.717, 1.165) is 0 Å². The number of hydrogen-bond acceptors (Lipinski definition) is 4. The molecule has 2 amide bonds. The highest BCUT2D eigenvalue weighted by Gasteiger charge is 2.14. The van der Waals surface area contributed by atoms with Gasteiger partial charge in [0.2, 0.25) is 0 Å². The summed E-state index contributed by atoms with van der Waals surface area (Å²) in [6.07, 6.45) is 0. The van der Waals surface area contributed by atoms with Crippen LogP contribution in [0.3, 0.4) is 0 Å². The molecule has 0 fully saturated rings. The van der Waals surface area contributed by atoms with Gasteiger partial charge in [-0.15, -0.1) is 0 Å². The molecule has 2 rings (SSSR count). The van der Waals surface area contributed by atoms with Crippen LogP contribution in [-0.2, 0) is 0 Å². The minimum atomic E-state index is -0.589. The minimum absolute atomic E-state index is 0.0556. The average Bonchev–Trinajstić information content (AvgIpc) is 2.55. The van der Waals surface area contributed by atoms with Crippen LogP contribution in [0, 0.1) is 0 Å². The maximum atomic E-state index is 12.3. The van der Waals surface area contributed by atoms with Gasteiger partial charge in [0.1, 0.15) is 5.75 Å². The SMILES string of the molecule is CCOc1ccccc1C(=O)NC(=S)Nc1ccccc1C(N)=O. The summed E-state index contributed by atoms with van der Waals surface area (Å²) in [6.45, 7) is 2.28. The number of amides is 2. The summed E-state index contributed by atoms with van der Waals surface area (Å²) >= 11 is 5.13. The molecule has 0 saturated heterocycles. The van der Waals surface area contributed by atoms with Gasteiger partial charge in [-0.3, -0.25) is 14.9 Å². The summed E-state index contributed by atoms with van der Waals surface area (Å²) in [4.78, 5) is 23.7. The fraction of sp³-hybridized carbons (Fsp3) is 0.118. The van der Waals surface area contributed by atoms with E-state index in [9.17, 15) is 9.59 Å². The Kier molecular flexibility index (Phi) is 5.86. The number of anilines is 1. The van der Waals surface area contributed by atoms with E-state index >= 15 is 0 Å². The van der Waals surface area contributed by atoms with Gasteiger partial charge in [-0.2, -0.15) is 0 Å². The van der Waals surface area contributed by atoms with Gasteiger partial charge in [-0.25, -0.2) is 0 Å². The third-order valence-corrected chi connectivity index (χ3v) is 3.30. The Morgan fingerprint density at radius 3 is 2.38 bits per heavy atom. The van der Waals surface area contributed by atoms with Crippen molar-refractivity contribution in [1.29, 1.82) is 0 Å². The normalized spacial score (nSPS) is 9.88. The van der Waals surface area contributed by atoms with Crippen molar-refractivity contribution in [1.82, 2.24) is 5.32 Å². The highest BCUT2D eigenvalue weighted by atomic mass is 32.1. The predicted molar refractivity (Wildman–Crippen MR) is 96.3 cm³/mol. The topological polar surface area (TPSA) is 93.4 Å². The lowest BCUT2D eigenvalue weighted by Crippen LogP contribution is -2.35. The lowest BCUT2D eigenvalue weighted by molar-refractivity contribution is 0.0972. The van der Waals surface area contributed by atoms with Crippen LogP contribution in [0.5, 0.6) is 5.75 Å². The number of nitrogens with one attached hydrogen (secondary N) is 2. The molecule has 2 aromatic carbocycles. The molecule has 124 valence electrons. The smallest absolute Gasteiger partial charge is 0.261 e. The van der Waals surface area contributed by atoms with E-state index in [1.54, 1.807) is 48.5 Å². The summed E-state index contributed by atoms with van der Waals surface area (Å²) in [5.74, 6) is -0.528. The highest BCUT2D eigenvalue weighted by molar-refractivity contribution is 7.80. The van der Waals surface area contributed by atoms with E-state index in [2.05, 4.69) is 10.6 Å². The second-order valence-electron chi connectivity index (χ2n) is 4.75. The average molecular weight is 343 g/mol. The molecule has 0 unspecified atom stereocenters. The van der Waals surface area contributed by atoms with Crippen LogP contribution in [-0.4, -0.2) is 23.5 Å². The standard InChI is InChI=1S/C17H17N3O3S/c1-2-23-14-10-6-4-8-12(14)16(22)20-17(24)19-13-9-5-3-7-11(13)15(18)21/h3-10H,2H2,1H3,(H2,18,21)(H2,19,20,22,24). The summed E-state index contributed by atoms with van der Waals surface area (Å²) in [5, 5.41) is 5.42. The molecule has 0 radical (unpaired) electrons. The number of primary amides is 1. The largest absolute Gasteiger partial charge is 0.493 e. The minimum Gasteiger partial charge on any atom is -0.493 e. The summed E-state index contributed by atoms with van der Waals surface area (Å²) < 4.78 is 5.42. The Morgan fingerprint density at radius 1 is 1.08 bits per heavy atom. The zero-order valence-corrected chi connectivity index (χ0v) is 13.9. The summed E-state index contributed by atoms with van der Waals surface area (Å²) in [7, 11) is 0. The number of thiocarbonyl (C=S) groups is 1.